The SMILES string of the molecule is CCCOC(=O)c1c(NC(=O)c2ccc(COc3ccc(C)cc3[N+](=O)[O-])o2)sc(C(N)=O)c1C. The van der Waals surface area contributed by atoms with Crippen LogP contribution in [0, 0.1) is 24.0 Å². The molecule has 0 aliphatic rings. The van der Waals surface area contributed by atoms with Crippen LogP contribution in [0.15, 0.2) is 34.7 Å². The lowest BCUT2D eigenvalue weighted by Crippen LogP contribution is -2.15. The van der Waals surface area contributed by atoms with Gasteiger partial charge >= 0.3 is 11.7 Å². The molecule has 35 heavy (non-hydrogen) atoms. The number of hydrogen-bond acceptors (Lipinski definition) is 9. The third kappa shape index (κ3) is 5.84. The van der Waals surface area contributed by atoms with E-state index in [0.717, 1.165) is 11.3 Å². The van der Waals surface area contributed by atoms with E-state index in [1.165, 1.54) is 24.3 Å². The highest BCUT2D eigenvalue weighted by atomic mass is 32.1. The Morgan fingerprint density at radius 1 is 1.20 bits per heavy atom. The highest BCUT2D eigenvalue weighted by Gasteiger charge is 2.27. The van der Waals surface area contributed by atoms with Crippen molar-refractivity contribution in [1.82, 2.24) is 0 Å². The van der Waals surface area contributed by atoms with E-state index in [1.54, 1.807) is 19.9 Å². The smallest absolute Gasteiger partial charge is 0.341 e. The third-order valence-corrected chi connectivity index (χ3v) is 6.03. The van der Waals surface area contributed by atoms with Crippen molar-refractivity contribution in [2.45, 2.75) is 33.8 Å². The number of nitro benzene ring substituents is 1. The van der Waals surface area contributed by atoms with Crippen molar-refractivity contribution in [1.29, 1.82) is 0 Å². The van der Waals surface area contributed by atoms with Gasteiger partial charge in [-0.2, -0.15) is 0 Å². The number of amides is 2. The van der Waals surface area contributed by atoms with Crippen molar-refractivity contribution in [3.05, 3.63) is 73.5 Å². The summed E-state index contributed by atoms with van der Waals surface area (Å²) in [5.74, 6) is -1.89. The molecule has 0 aliphatic carbocycles. The lowest BCUT2D eigenvalue weighted by Gasteiger charge is -2.07. The number of primary amides is 1. The summed E-state index contributed by atoms with van der Waals surface area (Å²) in [5, 5.41) is 13.9. The number of nitrogens with two attached hydrogens (primary N) is 1. The van der Waals surface area contributed by atoms with Gasteiger partial charge < -0.3 is 24.9 Å². The van der Waals surface area contributed by atoms with Crippen molar-refractivity contribution in [2.75, 3.05) is 11.9 Å². The van der Waals surface area contributed by atoms with Crippen molar-refractivity contribution in [2.24, 2.45) is 5.73 Å². The molecule has 3 rings (SSSR count). The van der Waals surface area contributed by atoms with Crippen LogP contribution < -0.4 is 15.8 Å². The standard InChI is InChI=1S/C23H23N3O8S/c1-4-9-32-23(29)18-13(3)19(20(24)27)35-22(18)25-21(28)17-8-6-14(34-17)11-33-16-7-5-12(2)10-15(16)26(30)31/h5-8,10H,4,9,11H2,1-3H3,(H2,24,27)(H,25,28). The molecule has 0 aliphatic heterocycles. The summed E-state index contributed by atoms with van der Waals surface area (Å²) >= 11 is 0.861. The monoisotopic (exact) mass is 501 g/mol. The minimum absolute atomic E-state index is 0.0485. The lowest BCUT2D eigenvalue weighted by atomic mass is 10.1. The fraction of sp³-hybridized carbons (Fsp3) is 0.261. The van der Waals surface area contributed by atoms with Gasteiger partial charge in [0.05, 0.1) is 22.0 Å². The molecule has 2 amide bonds. The first kappa shape index (κ1) is 25.4. The molecule has 0 radical (unpaired) electrons. The number of ether oxygens (including phenoxy) is 2. The second-order valence-electron chi connectivity index (χ2n) is 7.50. The number of hydrogen-bond donors (Lipinski definition) is 2. The fourth-order valence-electron chi connectivity index (χ4n) is 3.13. The number of furan rings is 1. The second-order valence-corrected chi connectivity index (χ2v) is 8.52. The van der Waals surface area contributed by atoms with E-state index in [-0.39, 0.29) is 51.6 Å². The number of nitro groups is 1. The summed E-state index contributed by atoms with van der Waals surface area (Å²) in [5.41, 5.74) is 6.28. The van der Waals surface area contributed by atoms with Crippen molar-refractivity contribution >= 4 is 39.8 Å². The summed E-state index contributed by atoms with van der Waals surface area (Å²) in [6, 6.07) is 7.43. The molecule has 0 fully saturated rings. The summed E-state index contributed by atoms with van der Waals surface area (Å²) in [4.78, 5) is 47.8. The van der Waals surface area contributed by atoms with E-state index >= 15 is 0 Å². The van der Waals surface area contributed by atoms with Gasteiger partial charge in [-0.3, -0.25) is 19.7 Å². The zero-order chi connectivity index (χ0) is 25.7. The Labute approximate surface area is 204 Å². The van der Waals surface area contributed by atoms with Crippen molar-refractivity contribution in [3.63, 3.8) is 0 Å². The van der Waals surface area contributed by atoms with Gasteiger partial charge in [0.1, 0.15) is 17.4 Å². The van der Waals surface area contributed by atoms with Crippen LogP contribution in [0.25, 0.3) is 0 Å². The quantitative estimate of drug-likeness (QED) is 0.235. The maximum atomic E-state index is 12.8. The van der Waals surface area contributed by atoms with Crippen LogP contribution in [0.5, 0.6) is 5.75 Å². The number of nitrogens with zero attached hydrogens (tertiary/aromatic N) is 1. The molecular formula is C23H23N3O8S. The predicted molar refractivity (Wildman–Crippen MR) is 127 cm³/mol. The van der Waals surface area contributed by atoms with Gasteiger partial charge in [-0.15, -0.1) is 11.3 Å². The van der Waals surface area contributed by atoms with Gasteiger partial charge in [0.15, 0.2) is 11.5 Å². The van der Waals surface area contributed by atoms with E-state index in [0.29, 0.717) is 17.5 Å². The van der Waals surface area contributed by atoms with Gasteiger partial charge in [-0.25, -0.2) is 4.79 Å². The van der Waals surface area contributed by atoms with Crippen molar-refractivity contribution < 1.29 is 33.2 Å². The molecule has 1 aromatic carbocycles. The molecule has 0 saturated carbocycles. The molecule has 0 bridgehead atoms. The molecule has 3 aromatic rings. The molecule has 2 aromatic heterocycles. The minimum atomic E-state index is -0.736. The zero-order valence-electron chi connectivity index (χ0n) is 19.2. The van der Waals surface area contributed by atoms with Crippen LogP contribution in [0.3, 0.4) is 0 Å². The fourth-order valence-corrected chi connectivity index (χ4v) is 4.17. The van der Waals surface area contributed by atoms with Crippen LogP contribution in [0.4, 0.5) is 10.7 Å². The first-order valence-electron chi connectivity index (χ1n) is 10.5. The van der Waals surface area contributed by atoms with Gasteiger partial charge in [-0.1, -0.05) is 13.0 Å². The van der Waals surface area contributed by atoms with E-state index in [2.05, 4.69) is 5.32 Å². The predicted octanol–water partition coefficient (Wildman–Crippen LogP) is 4.36. The highest BCUT2D eigenvalue weighted by Crippen LogP contribution is 2.34. The van der Waals surface area contributed by atoms with E-state index in [1.807, 2.05) is 6.92 Å². The number of carbonyl (C=O) groups is 3. The molecule has 2 heterocycles. The molecule has 11 nitrogen and oxygen atoms in total. The van der Waals surface area contributed by atoms with Crippen LogP contribution in [0.2, 0.25) is 0 Å². The molecule has 12 heteroatoms. The van der Waals surface area contributed by atoms with E-state index < -0.39 is 22.7 Å². The lowest BCUT2D eigenvalue weighted by molar-refractivity contribution is -0.386. The second kappa shape index (κ2) is 10.8. The molecule has 184 valence electrons. The van der Waals surface area contributed by atoms with E-state index in [9.17, 15) is 24.5 Å². The Hall–Kier alpha value is -4.19. The van der Waals surface area contributed by atoms with Gasteiger partial charge in [0.25, 0.3) is 11.8 Å². The summed E-state index contributed by atoms with van der Waals surface area (Å²) in [6.07, 6.45) is 0.599. The van der Waals surface area contributed by atoms with Crippen molar-refractivity contribution in [3.8, 4) is 5.75 Å². The first-order valence-corrected chi connectivity index (χ1v) is 11.3. The summed E-state index contributed by atoms with van der Waals surface area (Å²) < 4.78 is 16.2. The van der Waals surface area contributed by atoms with Gasteiger partial charge in [0, 0.05) is 6.07 Å². The number of rotatable bonds is 10. The molecule has 0 atom stereocenters. The highest BCUT2D eigenvalue weighted by molar-refractivity contribution is 7.18. The summed E-state index contributed by atoms with van der Waals surface area (Å²) in [7, 11) is 0. The molecule has 0 spiro atoms. The number of thiophene rings is 1. The van der Waals surface area contributed by atoms with Crippen LogP contribution in [0.1, 0.15) is 60.8 Å². The zero-order valence-corrected chi connectivity index (χ0v) is 20.0. The van der Waals surface area contributed by atoms with Crippen LogP contribution >= 0.6 is 11.3 Å². The average molecular weight is 502 g/mol. The normalized spacial score (nSPS) is 10.6. The molecular weight excluding hydrogens is 478 g/mol. The number of carbonyl (C=O) groups excluding carboxylic acids is 3. The number of anilines is 1. The maximum absolute atomic E-state index is 12.8. The number of aryl methyl sites for hydroxylation is 1. The minimum Gasteiger partial charge on any atom is -0.479 e. The summed E-state index contributed by atoms with van der Waals surface area (Å²) in [6.45, 7) is 5.12. The Morgan fingerprint density at radius 2 is 1.94 bits per heavy atom. The Balaban J connectivity index is 1.76. The Kier molecular flexibility index (Phi) is 7.87. The average Bonchev–Trinajstić information content (AvgIpc) is 3.41. The van der Waals surface area contributed by atoms with Crippen LogP contribution in [-0.4, -0.2) is 29.3 Å². The molecule has 0 unspecified atom stereocenters. The Morgan fingerprint density at radius 3 is 2.60 bits per heavy atom. The third-order valence-electron chi connectivity index (χ3n) is 4.81. The molecule has 0 saturated heterocycles. The number of esters is 1. The molecule has 3 N–H and O–H groups in total. The maximum Gasteiger partial charge on any atom is 0.341 e. The largest absolute Gasteiger partial charge is 0.479 e. The number of benzene rings is 1. The van der Waals surface area contributed by atoms with Gasteiger partial charge in [-0.05, 0) is 49.6 Å². The Bertz CT molecular complexity index is 1290. The van der Waals surface area contributed by atoms with Crippen LogP contribution in [-0.2, 0) is 11.3 Å². The number of nitrogens with one attached hydrogen (secondary N) is 1. The van der Waals surface area contributed by atoms with Gasteiger partial charge in [0.2, 0.25) is 0 Å². The first-order chi connectivity index (χ1) is 16.6. The topological polar surface area (TPSA) is 164 Å². The van der Waals surface area contributed by atoms with E-state index in [4.69, 9.17) is 19.6 Å².